The summed E-state index contributed by atoms with van der Waals surface area (Å²) in [5.74, 6) is 0.705. The van der Waals surface area contributed by atoms with Crippen LogP contribution in [-0.2, 0) is 17.9 Å². The van der Waals surface area contributed by atoms with Crippen molar-refractivity contribution in [1.29, 1.82) is 0 Å². The molecule has 1 N–H and O–H groups in total. The molecule has 20 heavy (non-hydrogen) atoms. The lowest BCUT2D eigenvalue weighted by Crippen LogP contribution is -2.02. The third kappa shape index (κ3) is 2.74. The van der Waals surface area contributed by atoms with Crippen LogP contribution >= 0.6 is 22.9 Å². The van der Waals surface area contributed by atoms with E-state index in [1.54, 1.807) is 11.6 Å². The summed E-state index contributed by atoms with van der Waals surface area (Å²) < 4.78 is 6.77. The molecule has 1 aromatic carbocycles. The van der Waals surface area contributed by atoms with Gasteiger partial charge in [0.05, 0.1) is 6.54 Å². The lowest BCUT2D eigenvalue weighted by atomic mass is 10.3. The molecule has 0 aliphatic carbocycles. The van der Waals surface area contributed by atoms with Gasteiger partial charge in [-0.1, -0.05) is 22.9 Å². The van der Waals surface area contributed by atoms with Gasteiger partial charge in [0.2, 0.25) is 4.96 Å². The molecule has 0 aliphatic rings. The SMILES string of the molecule is COCc1nnc2sc(CNc3ccc(Cl)cc3)nn12. The topological polar surface area (TPSA) is 64.3 Å². The number of nitrogens with zero attached hydrogens (tertiary/aromatic N) is 4. The van der Waals surface area contributed by atoms with E-state index in [0.717, 1.165) is 20.7 Å². The minimum Gasteiger partial charge on any atom is -0.378 e. The number of hydrogen-bond acceptors (Lipinski definition) is 6. The van der Waals surface area contributed by atoms with Crippen LogP contribution in [0.2, 0.25) is 5.02 Å². The number of ether oxygens (including phenoxy) is 1. The second-order valence-corrected chi connectivity index (χ2v) is 5.58. The number of hydrogen-bond donors (Lipinski definition) is 1. The number of nitrogens with one attached hydrogen (secondary N) is 1. The third-order valence-corrected chi connectivity index (χ3v) is 3.81. The first-order chi connectivity index (χ1) is 9.76. The molecule has 0 aliphatic heterocycles. The van der Waals surface area contributed by atoms with E-state index in [0.29, 0.717) is 19.0 Å². The van der Waals surface area contributed by atoms with Crippen LogP contribution in [-0.4, -0.2) is 26.9 Å². The second-order valence-electron chi connectivity index (χ2n) is 4.10. The Hall–Kier alpha value is -1.70. The Labute approximate surface area is 124 Å². The van der Waals surface area contributed by atoms with Crippen molar-refractivity contribution in [3.8, 4) is 0 Å². The van der Waals surface area contributed by atoms with E-state index >= 15 is 0 Å². The van der Waals surface area contributed by atoms with Gasteiger partial charge in [0.15, 0.2) is 5.82 Å². The Kier molecular flexibility index (Phi) is 3.81. The van der Waals surface area contributed by atoms with Crippen LogP contribution < -0.4 is 5.32 Å². The van der Waals surface area contributed by atoms with Gasteiger partial charge in [0.1, 0.15) is 11.6 Å². The number of rotatable bonds is 5. The molecule has 0 fully saturated rings. The Balaban J connectivity index is 1.72. The third-order valence-electron chi connectivity index (χ3n) is 2.66. The van der Waals surface area contributed by atoms with E-state index in [1.807, 2.05) is 24.3 Å². The number of halogens is 1. The maximum absolute atomic E-state index is 5.85. The van der Waals surface area contributed by atoms with Crippen LogP contribution in [0, 0.1) is 0 Å². The maximum Gasteiger partial charge on any atom is 0.234 e. The highest BCUT2D eigenvalue weighted by Gasteiger charge is 2.11. The lowest BCUT2D eigenvalue weighted by Gasteiger charge is -2.03. The quantitative estimate of drug-likeness (QED) is 0.785. The van der Waals surface area contributed by atoms with Crippen molar-refractivity contribution in [2.45, 2.75) is 13.2 Å². The van der Waals surface area contributed by atoms with Crippen LogP contribution in [0.4, 0.5) is 5.69 Å². The first-order valence-electron chi connectivity index (χ1n) is 5.94. The van der Waals surface area contributed by atoms with Gasteiger partial charge in [-0.05, 0) is 24.3 Å². The zero-order valence-electron chi connectivity index (χ0n) is 10.7. The van der Waals surface area contributed by atoms with Crippen LogP contribution in [0.25, 0.3) is 4.96 Å². The molecular weight excluding hydrogens is 298 g/mol. The van der Waals surface area contributed by atoms with Gasteiger partial charge >= 0.3 is 0 Å². The molecule has 0 radical (unpaired) electrons. The van der Waals surface area contributed by atoms with E-state index in [9.17, 15) is 0 Å². The summed E-state index contributed by atoms with van der Waals surface area (Å²) in [6.07, 6.45) is 0. The fourth-order valence-electron chi connectivity index (χ4n) is 1.73. The first-order valence-corrected chi connectivity index (χ1v) is 7.14. The molecule has 0 atom stereocenters. The maximum atomic E-state index is 5.85. The zero-order valence-corrected chi connectivity index (χ0v) is 12.3. The average Bonchev–Trinajstić information content (AvgIpc) is 3.00. The van der Waals surface area contributed by atoms with Gasteiger partial charge < -0.3 is 10.1 Å². The number of anilines is 1. The summed E-state index contributed by atoms with van der Waals surface area (Å²) >= 11 is 7.35. The molecule has 104 valence electrons. The van der Waals surface area contributed by atoms with Gasteiger partial charge in [-0.15, -0.1) is 10.2 Å². The summed E-state index contributed by atoms with van der Waals surface area (Å²) in [6, 6.07) is 7.55. The molecule has 2 heterocycles. The molecule has 0 spiro atoms. The van der Waals surface area contributed by atoms with Gasteiger partial charge in [0.25, 0.3) is 0 Å². The number of methoxy groups -OCH3 is 1. The molecule has 0 unspecified atom stereocenters. The largest absolute Gasteiger partial charge is 0.378 e. The van der Waals surface area contributed by atoms with E-state index in [1.165, 1.54) is 11.3 Å². The minimum atomic E-state index is 0.398. The van der Waals surface area contributed by atoms with Crippen LogP contribution in [0.3, 0.4) is 0 Å². The molecule has 0 saturated heterocycles. The van der Waals surface area contributed by atoms with Crippen molar-refractivity contribution in [2.24, 2.45) is 0 Å². The Morgan fingerprint density at radius 1 is 1.30 bits per heavy atom. The second kappa shape index (κ2) is 5.74. The lowest BCUT2D eigenvalue weighted by molar-refractivity contribution is 0.176. The van der Waals surface area contributed by atoms with Crippen LogP contribution in [0.1, 0.15) is 10.8 Å². The molecule has 0 bridgehead atoms. The summed E-state index contributed by atoms with van der Waals surface area (Å²) in [6.45, 7) is 1.02. The van der Waals surface area contributed by atoms with E-state index < -0.39 is 0 Å². The standard InChI is InChI=1S/C12H12ClN5OS/c1-19-7-10-15-16-12-18(10)17-11(20-12)6-14-9-4-2-8(13)3-5-9/h2-5,14H,6-7H2,1H3. The Bertz CT molecular complexity index is 708. The summed E-state index contributed by atoms with van der Waals surface area (Å²) in [4.78, 5) is 0.768. The Morgan fingerprint density at radius 2 is 2.10 bits per heavy atom. The van der Waals surface area contributed by atoms with Gasteiger partial charge in [-0.3, -0.25) is 0 Å². The first kappa shape index (κ1) is 13.3. The van der Waals surface area contributed by atoms with Crippen LogP contribution in [0.5, 0.6) is 0 Å². The summed E-state index contributed by atoms with van der Waals surface area (Å²) in [5.41, 5.74) is 0.998. The molecule has 3 rings (SSSR count). The number of fused-ring (bicyclic) bond motifs is 1. The molecular formula is C12H12ClN5OS. The number of benzene rings is 1. The average molecular weight is 310 g/mol. The molecule has 0 saturated carbocycles. The van der Waals surface area contributed by atoms with Crippen molar-refractivity contribution in [3.63, 3.8) is 0 Å². The van der Waals surface area contributed by atoms with Crippen molar-refractivity contribution >= 4 is 33.6 Å². The fraction of sp³-hybridized carbons (Fsp3) is 0.250. The van der Waals surface area contributed by atoms with Crippen molar-refractivity contribution in [1.82, 2.24) is 19.8 Å². The zero-order chi connectivity index (χ0) is 13.9. The monoisotopic (exact) mass is 309 g/mol. The normalized spacial score (nSPS) is 11.1. The number of aromatic nitrogens is 4. The summed E-state index contributed by atoms with van der Waals surface area (Å²) in [7, 11) is 1.62. The predicted octanol–water partition coefficient (Wildman–Crippen LogP) is 2.60. The molecule has 8 heteroatoms. The van der Waals surface area contributed by atoms with Crippen molar-refractivity contribution < 1.29 is 4.74 Å². The Morgan fingerprint density at radius 3 is 2.85 bits per heavy atom. The molecule has 6 nitrogen and oxygen atoms in total. The van der Waals surface area contributed by atoms with E-state index in [-0.39, 0.29) is 0 Å². The molecule has 3 aromatic rings. The molecule has 0 amide bonds. The van der Waals surface area contributed by atoms with Gasteiger partial charge in [0, 0.05) is 17.8 Å². The van der Waals surface area contributed by atoms with E-state index in [2.05, 4.69) is 20.6 Å². The fourth-order valence-corrected chi connectivity index (χ4v) is 2.65. The van der Waals surface area contributed by atoms with Crippen LogP contribution in [0.15, 0.2) is 24.3 Å². The highest BCUT2D eigenvalue weighted by Crippen LogP contribution is 2.17. The highest BCUT2D eigenvalue weighted by atomic mass is 35.5. The summed E-state index contributed by atoms with van der Waals surface area (Å²) in [5, 5.41) is 17.5. The van der Waals surface area contributed by atoms with Gasteiger partial charge in [-0.2, -0.15) is 9.61 Å². The van der Waals surface area contributed by atoms with Crippen molar-refractivity contribution in [3.05, 3.63) is 40.1 Å². The predicted molar refractivity (Wildman–Crippen MR) is 78.2 cm³/mol. The smallest absolute Gasteiger partial charge is 0.234 e. The van der Waals surface area contributed by atoms with Gasteiger partial charge in [-0.25, -0.2) is 0 Å². The van der Waals surface area contributed by atoms with E-state index in [4.69, 9.17) is 16.3 Å². The van der Waals surface area contributed by atoms with Crippen molar-refractivity contribution in [2.75, 3.05) is 12.4 Å². The molecule has 2 aromatic heterocycles. The highest BCUT2D eigenvalue weighted by molar-refractivity contribution is 7.16. The minimum absolute atomic E-state index is 0.398.